The molecule has 0 unspecified atom stereocenters. The van der Waals surface area contributed by atoms with Crippen LogP contribution in [0.25, 0.3) is 0 Å². The molecule has 0 spiro atoms. The predicted octanol–water partition coefficient (Wildman–Crippen LogP) is 1.08. The fraction of sp³-hybridized carbons (Fsp3) is 0.625. The zero-order valence-electron chi connectivity index (χ0n) is 8.31. The van der Waals surface area contributed by atoms with E-state index in [1.54, 1.807) is 6.33 Å². The van der Waals surface area contributed by atoms with Gasteiger partial charge < -0.3 is 10.3 Å². The van der Waals surface area contributed by atoms with Crippen LogP contribution in [0.1, 0.15) is 5.69 Å². The summed E-state index contributed by atoms with van der Waals surface area (Å²) in [7, 11) is 0. The molecule has 1 aliphatic heterocycles. The number of aromatic amines is 1. The number of hydrogen-bond donors (Lipinski definition) is 2. The van der Waals surface area contributed by atoms with Crippen LogP contribution >= 0.6 is 37.2 Å². The Morgan fingerprint density at radius 3 is 2.40 bits per heavy atom. The minimum absolute atomic E-state index is 0. The first-order valence-electron chi connectivity index (χ1n) is 4.35. The van der Waals surface area contributed by atoms with Crippen molar-refractivity contribution in [2.45, 2.75) is 6.54 Å². The van der Waals surface area contributed by atoms with Gasteiger partial charge in [-0.15, -0.1) is 37.2 Å². The number of rotatable bonds is 2. The molecule has 1 saturated heterocycles. The summed E-state index contributed by atoms with van der Waals surface area (Å²) in [5.74, 6) is 0. The largest absolute Gasteiger partial charge is 0.347 e. The third-order valence-electron chi connectivity index (χ3n) is 2.16. The Morgan fingerprint density at radius 2 is 1.87 bits per heavy atom. The first-order valence-corrected chi connectivity index (χ1v) is 4.35. The van der Waals surface area contributed by atoms with Crippen molar-refractivity contribution in [1.29, 1.82) is 0 Å². The minimum atomic E-state index is 0. The minimum Gasteiger partial charge on any atom is -0.347 e. The van der Waals surface area contributed by atoms with E-state index in [1.807, 2.05) is 6.20 Å². The maximum atomic E-state index is 3.99. The zero-order chi connectivity index (χ0) is 8.23. The third kappa shape index (κ3) is 5.58. The molecular weight excluding hydrogens is 258 g/mol. The van der Waals surface area contributed by atoms with Gasteiger partial charge in [-0.3, -0.25) is 4.90 Å². The van der Waals surface area contributed by atoms with Gasteiger partial charge in [0.2, 0.25) is 0 Å². The normalized spacial score (nSPS) is 15.7. The van der Waals surface area contributed by atoms with Crippen molar-refractivity contribution < 1.29 is 0 Å². The van der Waals surface area contributed by atoms with E-state index in [0.29, 0.717) is 0 Å². The monoisotopic (exact) mass is 274 g/mol. The van der Waals surface area contributed by atoms with E-state index in [4.69, 9.17) is 0 Å². The summed E-state index contributed by atoms with van der Waals surface area (Å²) in [6.45, 7) is 5.49. The molecule has 0 atom stereocenters. The highest BCUT2D eigenvalue weighted by molar-refractivity contribution is 5.86. The Bertz CT molecular complexity index is 224. The molecule has 0 radical (unpaired) electrons. The summed E-state index contributed by atoms with van der Waals surface area (Å²) in [6.07, 6.45) is 3.62. The first kappa shape index (κ1) is 17.4. The maximum Gasteiger partial charge on any atom is 0.0922 e. The van der Waals surface area contributed by atoms with E-state index in [0.717, 1.165) is 32.7 Å². The Hall–Kier alpha value is -0.000000000000000222. The van der Waals surface area contributed by atoms with Crippen LogP contribution in [-0.2, 0) is 6.54 Å². The summed E-state index contributed by atoms with van der Waals surface area (Å²) < 4.78 is 0. The SMILES string of the molecule is Cl.Cl.Cl.c1ncc(CN2CCNCC2)[nH]1. The first-order chi connectivity index (χ1) is 5.95. The van der Waals surface area contributed by atoms with Gasteiger partial charge in [0, 0.05) is 44.6 Å². The van der Waals surface area contributed by atoms with Crippen molar-refractivity contribution in [2.75, 3.05) is 26.2 Å². The summed E-state index contributed by atoms with van der Waals surface area (Å²) in [5, 5.41) is 3.33. The van der Waals surface area contributed by atoms with E-state index >= 15 is 0 Å². The second kappa shape index (κ2) is 9.24. The molecule has 1 aromatic rings. The molecule has 0 aromatic carbocycles. The third-order valence-corrected chi connectivity index (χ3v) is 2.16. The second-order valence-corrected chi connectivity index (χ2v) is 3.10. The summed E-state index contributed by atoms with van der Waals surface area (Å²) in [5.41, 5.74) is 1.21. The van der Waals surface area contributed by atoms with Crippen molar-refractivity contribution in [3.8, 4) is 0 Å². The number of nitrogens with zero attached hydrogens (tertiary/aromatic N) is 2. The highest BCUT2D eigenvalue weighted by atomic mass is 35.5. The van der Waals surface area contributed by atoms with E-state index in [-0.39, 0.29) is 37.2 Å². The summed E-state index contributed by atoms with van der Waals surface area (Å²) >= 11 is 0. The highest BCUT2D eigenvalue weighted by Crippen LogP contribution is 2.00. The molecule has 0 saturated carbocycles. The molecule has 1 fully saturated rings. The molecule has 1 aromatic heterocycles. The number of imidazole rings is 1. The van der Waals surface area contributed by atoms with Gasteiger partial charge in [-0.25, -0.2) is 4.98 Å². The molecular formula is C8H17Cl3N4. The Morgan fingerprint density at radius 1 is 1.20 bits per heavy atom. The summed E-state index contributed by atoms with van der Waals surface area (Å²) in [6, 6.07) is 0. The van der Waals surface area contributed by atoms with Crippen molar-refractivity contribution in [1.82, 2.24) is 20.2 Å². The zero-order valence-corrected chi connectivity index (χ0v) is 10.8. The van der Waals surface area contributed by atoms with E-state index in [2.05, 4.69) is 20.2 Å². The van der Waals surface area contributed by atoms with Gasteiger partial charge in [0.15, 0.2) is 0 Å². The number of aromatic nitrogens is 2. The van der Waals surface area contributed by atoms with E-state index < -0.39 is 0 Å². The fourth-order valence-electron chi connectivity index (χ4n) is 1.48. The van der Waals surface area contributed by atoms with Gasteiger partial charge >= 0.3 is 0 Å². The van der Waals surface area contributed by atoms with Crippen LogP contribution in [0.15, 0.2) is 12.5 Å². The van der Waals surface area contributed by atoms with Crippen LogP contribution in [0.3, 0.4) is 0 Å². The molecule has 2 rings (SSSR count). The maximum absolute atomic E-state index is 3.99. The molecule has 90 valence electrons. The lowest BCUT2D eigenvalue weighted by Crippen LogP contribution is -2.42. The van der Waals surface area contributed by atoms with Crippen molar-refractivity contribution in [3.05, 3.63) is 18.2 Å². The number of hydrogen-bond acceptors (Lipinski definition) is 3. The van der Waals surface area contributed by atoms with Crippen molar-refractivity contribution in [2.24, 2.45) is 0 Å². The molecule has 0 amide bonds. The quantitative estimate of drug-likeness (QED) is 0.849. The molecule has 7 heteroatoms. The lowest BCUT2D eigenvalue weighted by molar-refractivity contribution is 0.231. The van der Waals surface area contributed by atoms with Gasteiger partial charge in [-0.1, -0.05) is 0 Å². The lowest BCUT2D eigenvalue weighted by Gasteiger charge is -2.26. The Kier molecular flexibility index (Phi) is 10.7. The van der Waals surface area contributed by atoms with E-state index in [9.17, 15) is 0 Å². The standard InChI is InChI=1S/C8H14N4.3ClH/c1-3-12(4-2-9-1)6-8-5-10-7-11-8;;;/h5,7,9H,1-4,6H2,(H,10,11);3*1H. The van der Waals surface area contributed by atoms with Crippen LogP contribution < -0.4 is 5.32 Å². The van der Waals surface area contributed by atoms with Crippen molar-refractivity contribution in [3.63, 3.8) is 0 Å². The molecule has 4 nitrogen and oxygen atoms in total. The molecule has 0 bridgehead atoms. The molecule has 1 aliphatic rings. The average molecular weight is 276 g/mol. The summed E-state index contributed by atoms with van der Waals surface area (Å²) in [4.78, 5) is 9.52. The van der Waals surface area contributed by atoms with Gasteiger partial charge in [-0.05, 0) is 0 Å². The van der Waals surface area contributed by atoms with Crippen LogP contribution in [-0.4, -0.2) is 41.0 Å². The Labute approximate surface area is 108 Å². The topological polar surface area (TPSA) is 44.0 Å². The molecule has 0 aliphatic carbocycles. The number of nitrogens with one attached hydrogen (secondary N) is 2. The molecule has 2 N–H and O–H groups in total. The van der Waals surface area contributed by atoms with Gasteiger partial charge in [0.25, 0.3) is 0 Å². The second-order valence-electron chi connectivity index (χ2n) is 3.10. The lowest BCUT2D eigenvalue weighted by atomic mass is 10.3. The van der Waals surface area contributed by atoms with Crippen LogP contribution in [0.5, 0.6) is 0 Å². The Balaban J connectivity index is 0. The van der Waals surface area contributed by atoms with Gasteiger partial charge in [0.05, 0.1) is 6.33 Å². The van der Waals surface area contributed by atoms with Crippen LogP contribution in [0, 0.1) is 0 Å². The fourth-order valence-corrected chi connectivity index (χ4v) is 1.48. The molecule has 15 heavy (non-hydrogen) atoms. The van der Waals surface area contributed by atoms with Crippen LogP contribution in [0.2, 0.25) is 0 Å². The highest BCUT2D eigenvalue weighted by Gasteiger charge is 2.09. The van der Waals surface area contributed by atoms with E-state index in [1.165, 1.54) is 5.69 Å². The van der Waals surface area contributed by atoms with Gasteiger partial charge in [0.1, 0.15) is 0 Å². The number of H-pyrrole nitrogens is 1. The number of halogens is 3. The van der Waals surface area contributed by atoms with Gasteiger partial charge in [-0.2, -0.15) is 0 Å². The average Bonchev–Trinajstić information content (AvgIpc) is 2.59. The molecule has 2 heterocycles. The smallest absolute Gasteiger partial charge is 0.0922 e. The number of piperazine rings is 1. The van der Waals surface area contributed by atoms with Crippen molar-refractivity contribution >= 4 is 37.2 Å². The van der Waals surface area contributed by atoms with Crippen LogP contribution in [0.4, 0.5) is 0 Å². The predicted molar refractivity (Wildman–Crippen MR) is 68.5 cm³/mol.